The summed E-state index contributed by atoms with van der Waals surface area (Å²) in [7, 11) is -5.75. The van der Waals surface area contributed by atoms with Crippen LogP contribution >= 0.6 is 0 Å². The number of ether oxygens (including phenoxy) is 1. The number of carbonyl (C=O) groups is 1. The zero-order chi connectivity index (χ0) is 22.7. The van der Waals surface area contributed by atoms with Gasteiger partial charge in [0, 0.05) is 21.7 Å². The molecule has 1 saturated heterocycles. The number of hydrogen-bond acceptors (Lipinski definition) is 5. The summed E-state index contributed by atoms with van der Waals surface area (Å²) in [6, 6.07) is 12.3. The van der Waals surface area contributed by atoms with Crippen LogP contribution in [0.5, 0.6) is 0 Å². The largest absolute Gasteiger partial charge is 0.741 e. The van der Waals surface area contributed by atoms with E-state index in [9.17, 15) is 18.0 Å². The predicted octanol–water partition coefficient (Wildman–Crippen LogP) is 4.62. The molecule has 166 valence electrons. The molecule has 3 rings (SSSR count). The molecule has 0 aliphatic carbocycles. The highest BCUT2D eigenvalue weighted by Crippen LogP contribution is 2.32. The number of rotatable bonds is 2. The van der Waals surface area contributed by atoms with Crippen molar-refractivity contribution in [1.82, 2.24) is 0 Å². The van der Waals surface area contributed by atoms with Crippen molar-refractivity contribution >= 4 is 37.8 Å². The fraction of sp³-hybridized carbons (Fsp3) is 0.450. The van der Waals surface area contributed by atoms with Crippen molar-refractivity contribution in [3.63, 3.8) is 0 Å². The van der Waals surface area contributed by atoms with Crippen LogP contribution < -0.4 is 0 Å². The molecule has 0 amide bonds. The number of esters is 1. The maximum atomic E-state index is 12.5. The molecule has 2 aromatic rings. The molecule has 5 nitrogen and oxygen atoms in total. The van der Waals surface area contributed by atoms with E-state index < -0.39 is 21.2 Å². The van der Waals surface area contributed by atoms with Crippen molar-refractivity contribution in [1.29, 1.82) is 0 Å². The molecule has 0 atom stereocenters. The minimum Gasteiger partial charge on any atom is -0.741 e. The quantitative estimate of drug-likeness (QED) is 0.280. The molecule has 1 fully saturated rings. The Hall–Kier alpha value is -1.78. The summed E-state index contributed by atoms with van der Waals surface area (Å²) >= 11 is 0. The van der Waals surface area contributed by atoms with Crippen molar-refractivity contribution in [2.75, 3.05) is 11.5 Å². The van der Waals surface area contributed by atoms with Gasteiger partial charge in [-0.15, -0.1) is 0 Å². The third-order valence-electron chi connectivity index (χ3n) is 4.13. The molecule has 0 spiro atoms. The van der Waals surface area contributed by atoms with Crippen LogP contribution in [0.2, 0.25) is 0 Å². The van der Waals surface area contributed by atoms with E-state index >= 15 is 0 Å². The lowest BCUT2D eigenvalue weighted by Crippen LogP contribution is -2.24. The Morgan fingerprint density at radius 1 is 1.00 bits per heavy atom. The number of fused-ring (bicyclic) bond motifs is 1. The molecule has 0 aromatic heterocycles. The molecular weight excluding hydrogens is 441 g/mol. The zero-order valence-electron chi connectivity index (χ0n) is 16.8. The van der Waals surface area contributed by atoms with Crippen molar-refractivity contribution in [3.05, 3.63) is 42.0 Å². The molecule has 10 heteroatoms. The summed E-state index contributed by atoms with van der Waals surface area (Å²) in [5, 5.41) is 2.24. The third-order valence-corrected chi connectivity index (χ3v) is 7.24. The Labute approximate surface area is 176 Å². The zero-order valence-corrected chi connectivity index (χ0v) is 18.4. The number of alkyl halides is 3. The van der Waals surface area contributed by atoms with Crippen LogP contribution in [0.3, 0.4) is 0 Å². The monoisotopic (exact) mass is 464 g/mol. The molecular formula is C20H23F3O5S2. The molecule has 1 aliphatic heterocycles. The third kappa shape index (κ3) is 6.36. The highest BCUT2D eigenvalue weighted by Gasteiger charge is 2.37. The summed E-state index contributed by atoms with van der Waals surface area (Å²) in [4.78, 5) is 13.9. The first kappa shape index (κ1) is 24.5. The minimum absolute atomic E-state index is 0.231. The van der Waals surface area contributed by atoms with E-state index in [1.807, 2.05) is 39.0 Å². The molecule has 0 unspecified atom stereocenters. The van der Waals surface area contributed by atoms with E-state index in [4.69, 9.17) is 17.7 Å². The van der Waals surface area contributed by atoms with Crippen LogP contribution in [0.25, 0.3) is 10.8 Å². The lowest BCUT2D eigenvalue weighted by Gasteiger charge is -2.20. The first-order chi connectivity index (χ1) is 13.7. The van der Waals surface area contributed by atoms with Crippen LogP contribution in [0, 0.1) is 0 Å². The number of carbonyl (C=O) groups excluding carboxylic acids is 1. The van der Waals surface area contributed by atoms with E-state index in [0.29, 0.717) is 16.5 Å². The van der Waals surface area contributed by atoms with Gasteiger partial charge in [-0.1, -0.05) is 18.2 Å². The summed E-state index contributed by atoms with van der Waals surface area (Å²) in [5.41, 5.74) is -5.44. The Morgan fingerprint density at radius 3 is 1.97 bits per heavy atom. The molecule has 0 bridgehead atoms. The van der Waals surface area contributed by atoms with E-state index in [1.54, 1.807) is 0 Å². The Morgan fingerprint density at radius 2 is 1.50 bits per heavy atom. The van der Waals surface area contributed by atoms with E-state index in [2.05, 4.69) is 18.2 Å². The lowest BCUT2D eigenvalue weighted by molar-refractivity contribution is -0.0518. The van der Waals surface area contributed by atoms with E-state index in [0.717, 1.165) is 5.39 Å². The van der Waals surface area contributed by atoms with Gasteiger partial charge in [-0.3, -0.25) is 0 Å². The van der Waals surface area contributed by atoms with Crippen LogP contribution in [-0.2, 0) is 25.7 Å². The fourth-order valence-corrected chi connectivity index (χ4v) is 5.41. The average Bonchev–Trinajstić information content (AvgIpc) is 3.12. The fourth-order valence-electron chi connectivity index (χ4n) is 2.91. The number of halogens is 3. The van der Waals surface area contributed by atoms with Crippen LogP contribution in [0.1, 0.15) is 44.0 Å². The smallest absolute Gasteiger partial charge is 0.485 e. The van der Waals surface area contributed by atoms with Crippen molar-refractivity contribution in [2.45, 2.75) is 49.6 Å². The molecule has 0 saturated carbocycles. The second-order valence-electron chi connectivity index (χ2n) is 7.67. The summed E-state index contributed by atoms with van der Waals surface area (Å²) in [6.07, 6.45) is 2.65. The van der Waals surface area contributed by atoms with Crippen molar-refractivity contribution in [3.8, 4) is 0 Å². The topological polar surface area (TPSA) is 83.5 Å². The second kappa shape index (κ2) is 9.15. The van der Waals surface area contributed by atoms with Crippen molar-refractivity contribution < 1.29 is 35.7 Å². The minimum atomic E-state index is -6.09. The number of hydrogen-bond donors (Lipinski definition) is 0. The summed E-state index contributed by atoms with van der Waals surface area (Å²) in [6.45, 7) is 5.71. The lowest BCUT2D eigenvalue weighted by atomic mass is 10.0. The van der Waals surface area contributed by atoms with Gasteiger partial charge in [0.15, 0.2) is 15.0 Å². The summed E-state index contributed by atoms with van der Waals surface area (Å²) < 4.78 is 64.5. The molecule has 2 aromatic carbocycles. The summed E-state index contributed by atoms with van der Waals surface area (Å²) in [5.74, 6) is 2.34. The van der Waals surface area contributed by atoms with Gasteiger partial charge in [0.2, 0.25) is 0 Å². The van der Waals surface area contributed by atoms with Gasteiger partial charge in [0.25, 0.3) is 0 Å². The van der Waals surface area contributed by atoms with Gasteiger partial charge < -0.3 is 9.29 Å². The van der Waals surface area contributed by atoms with Crippen LogP contribution in [-0.4, -0.2) is 41.6 Å². The van der Waals surface area contributed by atoms with Gasteiger partial charge >= 0.3 is 11.5 Å². The van der Waals surface area contributed by atoms with Gasteiger partial charge in [0.1, 0.15) is 17.1 Å². The molecule has 0 radical (unpaired) electrons. The Bertz CT molecular complexity index is 1010. The average molecular weight is 465 g/mol. The first-order valence-electron chi connectivity index (χ1n) is 9.15. The van der Waals surface area contributed by atoms with Crippen molar-refractivity contribution in [2.24, 2.45) is 0 Å². The maximum absolute atomic E-state index is 12.5. The molecule has 0 N–H and O–H groups in total. The highest BCUT2D eigenvalue weighted by atomic mass is 32.2. The standard InChI is InChI=1S/C19H23O2S.CHF3O3S/c1-19(2,3)21-18(20)16-10-11-17(22-12-6-7-13-22)15-9-5-4-8-14(15)16;2-1(3,4)8(5,6)7/h4-5,8-11H,6-7,12-13H2,1-3H3;(H,5,6,7)/q+1;/p-1. The molecule has 1 aliphatic rings. The Kier molecular flexibility index (Phi) is 7.47. The van der Waals surface area contributed by atoms with Gasteiger partial charge in [-0.2, -0.15) is 13.2 Å². The van der Waals surface area contributed by atoms with Gasteiger partial charge in [-0.05, 0) is 51.8 Å². The highest BCUT2D eigenvalue weighted by molar-refractivity contribution is 7.97. The Balaban J connectivity index is 0.000000343. The normalized spacial score (nSPS) is 15.6. The molecule has 30 heavy (non-hydrogen) atoms. The predicted molar refractivity (Wildman–Crippen MR) is 109 cm³/mol. The molecule has 1 heterocycles. The van der Waals surface area contributed by atoms with E-state index in [1.165, 1.54) is 34.6 Å². The van der Waals surface area contributed by atoms with Crippen LogP contribution in [0.4, 0.5) is 13.2 Å². The van der Waals surface area contributed by atoms with E-state index in [-0.39, 0.29) is 5.97 Å². The first-order valence-corrected chi connectivity index (χ1v) is 12.1. The second-order valence-corrected chi connectivity index (χ2v) is 11.3. The van der Waals surface area contributed by atoms with Gasteiger partial charge in [-0.25, -0.2) is 13.2 Å². The number of benzene rings is 2. The van der Waals surface area contributed by atoms with Crippen LogP contribution in [0.15, 0.2) is 41.3 Å². The maximum Gasteiger partial charge on any atom is 0.485 e. The SMILES string of the molecule is CC(C)(C)OC(=O)c1ccc([S+]2CCCC2)c2ccccc12.O=S(=O)([O-])C(F)(F)F. The van der Waals surface area contributed by atoms with Gasteiger partial charge in [0.05, 0.1) is 5.56 Å².